The number of aryl methyl sites for hydroxylation is 5. The molecule has 5 aromatic rings. The molecule has 252 valence electrons. The monoisotopic (exact) mass is 679 g/mol. The van der Waals surface area contributed by atoms with Crippen molar-refractivity contribution in [3.63, 3.8) is 0 Å². The van der Waals surface area contributed by atoms with E-state index in [9.17, 15) is 0 Å². The minimum absolute atomic E-state index is 0. The van der Waals surface area contributed by atoms with Crippen molar-refractivity contribution in [3.8, 4) is 22.4 Å². The van der Waals surface area contributed by atoms with Crippen molar-refractivity contribution in [1.29, 1.82) is 0 Å². The summed E-state index contributed by atoms with van der Waals surface area (Å²) >= 11 is 0. The molecule has 1 aliphatic rings. The van der Waals surface area contributed by atoms with E-state index in [0.717, 1.165) is 44.7 Å². The van der Waals surface area contributed by atoms with E-state index in [-0.39, 0.29) is 24.8 Å². The number of nitrogens with zero attached hydrogens (tertiary/aromatic N) is 3. The van der Waals surface area contributed by atoms with Crippen LogP contribution in [0.5, 0.6) is 0 Å². The molecule has 5 heteroatoms. The average molecular weight is 681 g/mol. The average Bonchev–Trinajstić information content (AvgIpc) is 3.06. The number of anilines is 1. The van der Waals surface area contributed by atoms with Crippen molar-refractivity contribution in [1.82, 2.24) is 9.88 Å². The van der Waals surface area contributed by atoms with E-state index in [0.29, 0.717) is 6.04 Å². The summed E-state index contributed by atoms with van der Waals surface area (Å²) < 4.78 is 0. The molecule has 1 fully saturated rings. The van der Waals surface area contributed by atoms with Gasteiger partial charge in [-0.3, -0.25) is 9.88 Å². The Morgan fingerprint density at radius 2 is 1.21 bits per heavy atom. The summed E-state index contributed by atoms with van der Waals surface area (Å²) in [4.78, 5) is 10.0. The van der Waals surface area contributed by atoms with Crippen LogP contribution in [0.25, 0.3) is 22.4 Å². The van der Waals surface area contributed by atoms with Crippen molar-refractivity contribution >= 4 is 30.5 Å². The van der Waals surface area contributed by atoms with Gasteiger partial charge in [0.1, 0.15) is 0 Å². The first-order chi connectivity index (χ1) is 22.1. The van der Waals surface area contributed by atoms with Crippen LogP contribution in [0.1, 0.15) is 62.9 Å². The van der Waals surface area contributed by atoms with Gasteiger partial charge in [0.05, 0.1) is 5.69 Å². The van der Waals surface area contributed by atoms with Gasteiger partial charge >= 0.3 is 0 Å². The molecule has 1 aromatic heterocycles. The van der Waals surface area contributed by atoms with E-state index in [4.69, 9.17) is 4.98 Å². The van der Waals surface area contributed by atoms with Crippen molar-refractivity contribution in [2.75, 3.05) is 18.0 Å². The highest BCUT2D eigenvalue weighted by Gasteiger charge is 2.25. The summed E-state index contributed by atoms with van der Waals surface area (Å²) in [6, 6.07) is 32.5. The van der Waals surface area contributed by atoms with Gasteiger partial charge in [-0.2, -0.15) is 0 Å². The van der Waals surface area contributed by atoms with E-state index in [2.05, 4.69) is 143 Å². The maximum Gasteiger partial charge on any atom is 0.0705 e. The maximum absolute atomic E-state index is 4.74. The highest BCUT2D eigenvalue weighted by Crippen LogP contribution is 2.30. The molecule has 1 aliphatic heterocycles. The molecule has 0 aliphatic carbocycles. The van der Waals surface area contributed by atoms with Crippen LogP contribution in [0.4, 0.5) is 5.69 Å². The zero-order valence-electron chi connectivity index (χ0n) is 29.6. The fourth-order valence-electron chi connectivity index (χ4n) is 6.98. The van der Waals surface area contributed by atoms with E-state index in [1.807, 2.05) is 6.20 Å². The second-order valence-electron chi connectivity index (χ2n) is 13.7. The van der Waals surface area contributed by atoms with Gasteiger partial charge in [-0.25, -0.2) is 0 Å². The van der Waals surface area contributed by atoms with E-state index in [1.165, 1.54) is 72.4 Å². The molecular weight excluding hydrogens is 629 g/mol. The summed E-state index contributed by atoms with van der Waals surface area (Å²) in [5, 5.41) is 0. The Bertz CT molecular complexity index is 1790. The Kier molecular flexibility index (Phi) is 12.5. The summed E-state index contributed by atoms with van der Waals surface area (Å²) in [6.45, 7) is 19.5. The Morgan fingerprint density at radius 1 is 0.625 bits per heavy atom. The van der Waals surface area contributed by atoms with Gasteiger partial charge in [-0.15, -0.1) is 24.8 Å². The van der Waals surface area contributed by atoms with Crippen molar-refractivity contribution in [2.24, 2.45) is 0 Å². The maximum atomic E-state index is 4.74. The van der Waals surface area contributed by atoms with Crippen molar-refractivity contribution in [2.45, 2.75) is 80.4 Å². The summed E-state index contributed by atoms with van der Waals surface area (Å²) in [5.74, 6) is 0. The molecule has 1 saturated heterocycles. The predicted molar refractivity (Wildman–Crippen MR) is 210 cm³/mol. The normalized spacial score (nSPS) is 13.5. The van der Waals surface area contributed by atoms with Gasteiger partial charge in [-0.05, 0) is 159 Å². The first-order valence-electron chi connectivity index (χ1n) is 16.9. The SMILES string of the molecule is Cc1ccc(N(Cc2cccc(-c3cc(C)c(C)c(C)c3)c2)C2CCN(Cc3ccnc(-c4cc(C)c(C)c(C)c4)c3)CC2)cc1.Cl.Cl. The minimum atomic E-state index is 0. The predicted octanol–water partition coefficient (Wildman–Crippen LogP) is 11.1. The van der Waals surface area contributed by atoms with Gasteiger partial charge in [0, 0.05) is 49.7 Å². The van der Waals surface area contributed by atoms with Crippen LogP contribution in [0.2, 0.25) is 0 Å². The van der Waals surface area contributed by atoms with Gasteiger partial charge in [0.25, 0.3) is 0 Å². The topological polar surface area (TPSA) is 19.4 Å². The summed E-state index contributed by atoms with van der Waals surface area (Å²) in [6.07, 6.45) is 4.28. The molecule has 0 amide bonds. The number of rotatable bonds is 8. The number of likely N-dealkylation sites (tertiary alicyclic amines) is 1. The lowest BCUT2D eigenvalue weighted by atomic mass is 9.95. The lowest BCUT2D eigenvalue weighted by Crippen LogP contribution is -2.44. The van der Waals surface area contributed by atoms with Crippen LogP contribution in [-0.2, 0) is 13.1 Å². The van der Waals surface area contributed by atoms with Crippen molar-refractivity contribution in [3.05, 3.63) is 141 Å². The molecule has 0 atom stereocenters. The van der Waals surface area contributed by atoms with Crippen LogP contribution in [0.3, 0.4) is 0 Å². The number of benzene rings is 4. The third-order valence-electron chi connectivity index (χ3n) is 10.4. The fraction of sp³-hybridized carbons (Fsp3) is 0.326. The first kappa shape index (κ1) is 37.2. The third-order valence-corrected chi connectivity index (χ3v) is 10.4. The van der Waals surface area contributed by atoms with Crippen LogP contribution < -0.4 is 4.90 Å². The van der Waals surface area contributed by atoms with Crippen LogP contribution in [-0.4, -0.2) is 29.0 Å². The smallest absolute Gasteiger partial charge is 0.0705 e. The molecular formula is C43H51Cl2N3. The second-order valence-corrected chi connectivity index (χ2v) is 13.7. The molecule has 0 bridgehead atoms. The van der Waals surface area contributed by atoms with E-state index >= 15 is 0 Å². The third kappa shape index (κ3) is 8.50. The number of piperidine rings is 1. The Hall–Kier alpha value is -3.63. The molecule has 0 radical (unpaired) electrons. The second kappa shape index (κ2) is 16.2. The number of halogens is 2. The fourth-order valence-corrected chi connectivity index (χ4v) is 6.98. The number of hydrogen-bond acceptors (Lipinski definition) is 3. The summed E-state index contributed by atoms with van der Waals surface area (Å²) in [7, 11) is 0. The lowest BCUT2D eigenvalue weighted by Gasteiger charge is -2.40. The van der Waals surface area contributed by atoms with E-state index < -0.39 is 0 Å². The highest BCUT2D eigenvalue weighted by atomic mass is 35.5. The van der Waals surface area contributed by atoms with Gasteiger partial charge in [0.2, 0.25) is 0 Å². The Labute approximate surface area is 301 Å². The zero-order chi connectivity index (χ0) is 32.4. The molecule has 0 spiro atoms. The minimum Gasteiger partial charge on any atom is -0.364 e. The van der Waals surface area contributed by atoms with Gasteiger partial charge < -0.3 is 4.90 Å². The first-order valence-corrected chi connectivity index (χ1v) is 16.9. The van der Waals surface area contributed by atoms with Crippen molar-refractivity contribution < 1.29 is 0 Å². The molecule has 2 heterocycles. The Morgan fingerprint density at radius 3 is 1.81 bits per heavy atom. The van der Waals surface area contributed by atoms with Crippen LogP contribution in [0.15, 0.2) is 91.1 Å². The van der Waals surface area contributed by atoms with Gasteiger partial charge in [0.15, 0.2) is 0 Å². The molecule has 4 aromatic carbocycles. The molecule has 0 unspecified atom stereocenters. The molecule has 0 saturated carbocycles. The molecule has 3 nitrogen and oxygen atoms in total. The van der Waals surface area contributed by atoms with Gasteiger partial charge in [-0.1, -0.05) is 48.0 Å². The largest absolute Gasteiger partial charge is 0.364 e. The summed E-state index contributed by atoms with van der Waals surface area (Å²) in [5.41, 5.74) is 18.3. The van der Waals surface area contributed by atoms with Crippen LogP contribution >= 0.6 is 24.8 Å². The molecule has 0 N–H and O–H groups in total. The number of aromatic nitrogens is 1. The molecule has 6 rings (SSSR count). The highest BCUT2D eigenvalue weighted by molar-refractivity contribution is 5.85. The quantitative estimate of drug-likeness (QED) is 0.163. The van der Waals surface area contributed by atoms with E-state index in [1.54, 1.807) is 0 Å². The zero-order valence-corrected chi connectivity index (χ0v) is 31.3. The number of pyridine rings is 1. The number of hydrogen-bond donors (Lipinski definition) is 0. The Balaban J connectivity index is 0.00000260. The lowest BCUT2D eigenvalue weighted by molar-refractivity contribution is 0.201. The standard InChI is InChI=1S/C43H49N3.2ClH/c1-29-11-13-41(14-12-29)46(28-36-9-8-10-38(25-36)39-21-30(2)34(6)31(3)22-39)42-16-19-45(20-17-42)27-37-15-18-44-43(26-37)40-23-32(4)35(7)33(5)24-40;;/h8-15,18,21-26,42H,16-17,19-20,27-28H2,1-7H3;2*1H. The van der Waals surface area contributed by atoms with Crippen LogP contribution in [0, 0.1) is 48.5 Å². The molecule has 48 heavy (non-hydrogen) atoms.